The average molecular weight is 213 g/mol. The maximum atomic E-state index is 2.62. The van der Waals surface area contributed by atoms with Crippen molar-refractivity contribution in [3.63, 3.8) is 0 Å². The van der Waals surface area contributed by atoms with Gasteiger partial charge in [-0.15, -0.1) is 24.3 Å². The van der Waals surface area contributed by atoms with E-state index in [9.17, 15) is 0 Å². The van der Waals surface area contributed by atoms with Crippen LogP contribution in [0.3, 0.4) is 0 Å². The van der Waals surface area contributed by atoms with Gasteiger partial charge in [-0.3, -0.25) is 22.9 Å². The first-order valence-electron chi connectivity index (χ1n) is 2.65. The zero-order valence-electron chi connectivity index (χ0n) is 5.65. The van der Waals surface area contributed by atoms with Gasteiger partial charge >= 0.3 is 26.2 Å². The van der Waals surface area contributed by atoms with Crippen LogP contribution in [0.25, 0.3) is 0 Å². The zero-order chi connectivity index (χ0) is 7.07. The van der Waals surface area contributed by atoms with Crippen LogP contribution in [0.4, 0.5) is 0 Å². The fourth-order valence-corrected chi connectivity index (χ4v) is 0.361. The molecule has 0 amide bonds. The molecule has 0 saturated heterocycles. The Labute approximate surface area is 84.7 Å². The van der Waals surface area contributed by atoms with Crippen molar-refractivity contribution in [3.05, 3.63) is 58.7 Å². The van der Waals surface area contributed by atoms with Gasteiger partial charge in [-0.25, -0.2) is 11.5 Å². The van der Waals surface area contributed by atoms with Crippen molar-refractivity contribution in [1.82, 2.24) is 0 Å². The van der Waals surface area contributed by atoms with Crippen LogP contribution < -0.4 is 0 Å². The Balaban J connectivity index is 0.000000167. The predicted molar refractivity (Wildman–Crippen MR) is 36.7 cm³/mol. The van der Waals surface area contributed by atoms with E-state index in [-0.39, 0.29) is 26.2 Å². The Morgan fingerprint density at radius 2 is 1.27 bits per heavy atom. The molecule has 0 aromatic heterocycles. The van der Waals surface area contributed by atoms with Crippen molar-refractivity contribution in [2.24, 2.45) is 0 Å². The van der Waals surface area contributed by atoms with Crippen LogP contribution in [0, 0.1) is 12.2 Å². The van der Waals surface area contributed by atoms with Gasteiger partial charge in [0, 0.05) is 0 Å². The second-order valence-corrected chi connectivity index (χ2v) is 1.37. The maximum Gasteiger partial charge on any atom is 2.00 e. The molecular formula is C10H2Zr. The van der Waals surface area contributed by atoms with E-state index in [0.29, 0.717) is 0 Å². The smallest absolute Gasteiger partial charge is 0.294 e. The van der Waals surface area contributed by atoms with Crippen LogP contribution in [0.15, 0.2) is 46.5 Å². The van der Waals surface area contributed by atoms with Gasteiger partial charge in [0.15, 0.2) is 0 Å². The molecular weight excluding hydrogens is 211 g/mol. The minimum absolute atomic E-state index is 0. The van der Waals surface area contributed by atoms with Crippen molar-refractivity contribution < 1.29 is 26.2 Å². The van der Waals surface area contributed by atoms with E-state index in [1.807, 2.05) is 0 Å². The molecule has 0 heterocycles. The summed E-state index contributed by atoms with van der Waals surface area (Å²) in [5.74, 6) is 0. The molecule has 0 nitrogen and oxygen atoms in total. The van der Waals surface area contributed by atoms with Gasteiger partial charge in [0.1, 0.15) is 0 Å². The molecule has 1 heteroatoms. The molecule has 0 atom stereocenters. The third-order valence-electron chi connectivity index (χ3n) is 0.702. The second kappa shape index (κ2) is 7.15. The van der Waals surface area contributed by atoms with Gasteiger partial charge in [-0.05, 0) is 0 Å². The number of hydrogen-bond acceptors (Lipinski definition) is 0. The monoisotopic (exact) mass is 212 g/mol. The number of rotatable bonds is 0. The van der Waals surface area contributed by atoms with Crippen molar-refractivity contribution in [2.75, 3.05) is 0 Å². The van der Waals surface area contributed by atoms with E-state index in [1.165, 1.54) is 0 Å². The van der Waals surface area contributed by atoms with Crippen LogP contribution in [0.5, 0.6) is 0 Å². The van der Waals surface area contributed by atoms with Gasteiger partial charge in [-0.2, -0.15) is 0 Å². The summed E-state index contributed by atoms with van der Waals surface area (Å²) in [5.41, 5.74) is 15.5. The number of allylic oxidation sites excluding steroid dienone is 4. The molecule has 0 N–H and O–H groups in total. The average Bonchev–Trinajstić information content (AvgIpc) is 2.67. The minimum Gasteiger partial charge on any atom is -0.294 e. The molecule has 0 fully saturated rings. The van der Waals surface area contributed by atoms with E-state index >= 15 is 0 Å². The summed E-state index contributed by atoms with van der Waals surface area (Å²) in [7, 11) is 0. The molecule has 0 aliphatic heterocycles. The molecule has 2 aliphatic carbocycles. The van der Waals surface area contributed by atoms with Crippen molar-refractivity contribution in [1.29, 1.82) is 0 Å². The first-order chi connectivity index (χ1) is 5.00. The van der Waals surface area contributed by atoms with Gasteiger partial charge in [0.25, 0.3) is 0 Å². The fourth-order valence-electron chi connectivity index (χ4n) is 0.361. The van der Waals surface area contributed by atoms with Crippen LogP contribution in [-0.2, 0) is 26.2 Å². The molecule has 46 valence electrons. The summed E-state index contributed by atoms with van der Waals surface area (Å²) in [5, 5.41) is 0. The van der Waals surface area contributed by atoms with Gasteiger partial charge < -0.3 is 0 Å². The van der Waals surface area contributed by atoms with Crippen molar-refractivity contribution in [3.8, 4) is 0 Å². The second-order valence-electron chi connectivity index (χ2n) is 1.37. The standard InChI is InChI=1S/2C5H.Zr/c2*1-2-4-5-3-1;/h2*1H;/q2*-1;+2. The first-order valence-corrected chi connectivity index (χ1v) is 2.65. The Hall–Kier alpha value is -0.957. The molecule has 2 rings (SSSR count). The molecule has 0 unspecified atom stereocenters. The molecule has 11 heavy (non-hydrogen) atoms. The van der Waals surface area contributed by atoms with E-state index in [4.69, 9.17) is 0 Å². The summed E-state index contributed by atoms with van der Waals surface area (Å²) in [4.78, 5) is 0. The zero-order valence-corrected chi connectivity index (χ0v) is 8.11. The van der Waals surface area contributed by atoms with E-state index < -0.39 is 0 Å². The molecule has 2 aliphatic rings. The largest absolute Gasteiger partial charge is 2.00 e. The molecule has 0 aromatic rings. The van der Waals surface area contributed by atoms with Crippen LogP contribution in [-0.4, -0.2) is 0 Å². The van der Waals surface area contributed by atoms with Crippen molar-refractivity contribution >= 4 is 0 Å². The van der Waals surface area contributed by atoms with Crippen LogP contribution in [0.2, 0.25) is 0 Å². The predicted octanol–water partition coefficient (Wildman–Crippen LogP) is 1.65. The molecule has 0 bridgehead atoms. The summed E-state index contributed by atoms with van der Waals surface area (Å²) in [6.07, 6.45) is 8.53. The van der Waals surface area contributed by atoms with Gasteiger partial charge in [0.05, 0.1) is 0 Å². The molecule has 0 radical (unpaired) electrons. The summed E-state index contributed by atoms with van der Waals surface area (Å²) < 4.78 is 0. The van der Waals surface area contributed by atoms with Crippen molar-refractivity contribution in [2.45, 2.75) is 0 Å². The van der Waals surface area contributed by atoms with Gasteiger partial charge in [-0.1, -0.05) is 0 Å². The minimum atomic E-state index is 0. The molecule has 0 aromatic carbocycles. The third-order valence-corrected chi connectivity index (χ3v) is 0.702. The Bertz CT molecular complexity index is 303. The van der Waals surface area contributed by atoms with E-state index in [1.54, 1.807) is 12.2 Å². The maximum absolute atomic E-state index is 2.62. The summed E-state index contributed by atoms with van der Waals surface area (Å²) in [6.45, 7) is 0. The Morgan fingerprint density at radius 3 is 1.36 bits per heavy atom. The van der Waals surface area contributed by atoms with Crippen LogP contribution in [0.1, 0.15) is 0 Å². The quantitative estimate of drug-likeness (QED) is 0.424. The van der Waals surface area contributed by atoms with Crippen LogP contribution >= 0.6 is 0 Å². The summed E-state index contributed by atoms with van der Waals surface area (Å²) in [6, 6.07) is 0. The van der Waals surface area contributed by atoms with E-state index in [0.717, 1.165) is 0 Å². The first kappa shape index (κ1) is 10.0. The Kier molecular flexibility index (Phi) is 6.53. The fraction of sp³-hybridized carbons (Fsp3) is 0. The third kappa shape index (κ3) is 5.49. The molecule has 0 spiro atoms. The van der Waals surface area contributed by atoms with Gasteiger partial charge in [0.2, 0.25) is 0 Å². The molecule has 0 saturated carbocycles. The Morgan fingerprint density at radius 1 is 0.818 bits per heavy atom. The normalized spacial score (nSPS) is 10.2. The topological polar surface area (TPSA) is 0 Å². The summed E-state index contributed by atoms with van der Waals surface area (Å²) >= 11 is 0. The SMILES string of the molecule is C1=C=[C-]C=C=1.C1=C=[C-]C=C=1.[Zr+2]. The number of hydrogen-bond donors (Lipinski definition) is 0. The van der Waals surface area contributed by atoms with E-state index in [2.05, 4.69) is 46.5 Å².